The lowest BCUT2D eigenvalue weighted by Crippen LogP contribution is -2.44. The molecule has 26 heavy (non-hydrogen) atoms. The standard InChI is InChI=1S/C20H29N5O/c1-24-14-17(13-22-24)16-9-11-25(15-16)20(23-18-5-2-3-6-18)21-10-8-19-7-4-12-26-19/h4,7,12-14,16,18H,2-3,5-6,8-11,15H2,1H3,(H,21,23). The van der Waals surface area contributed by atoms with Crippen LogP contribution in [0.15, 0.2) is 40.2 Å². The maximum atomic E-state index is 5.44. The molecule has 6 heteroatoms. The van der Waals surface area contributed by atoms with Crippen molar-refractivity contribution in [3.05, 3.63) is 42.1 Å². The Kier molecular flexibility index (Phi) is 5.27. The van der Waals surface area contributed by atoms with Crippen molar-refractivity contribution in [1.82, 2.24) is 20.0 Å². The lowest BCUT2D eigenvalue weighted by Gasteiger charge is -2.25. The number of hydrogen-bond donors (Lipinski definition) is 1. The molecule has 2 aromatic heterocycles. The number of rotatable bonds is 5. The lowest BCUT2D eigenvalue weighted by atomic mass is 10.0. The molecule has 1 N–H and O–H groups in total. The number of aliphatic imine (C=N–C) groups is 1. The van der Waals surface area contributed by atoms with E-state index in [-0.39, 0.29) is 0 Å². The van der Waals surface area contributed by atoms with Gasteiger partial charge in [0.05, 0.1) is 12.5 Å². The zero-order valence-corrected chi connectivity index (χ0v) is 15.6. The van der Waals surface area contributed by atoms with E-state index in [2.05, 4.69) is 21.5 Å². The van der Waals surface area contributed by atoms with Gasteiger partial charge in [0.2, 0.25) is 0 Å². The zero-order valence-electron chi connectivity index (χ0n) is 15.6. The lowest BCUT2D eigenvalue weighted by molar-refractivity contribution is 0.463. The summed E-state index contributed by atoms with van der Waals surface area (Å²) < 4.78 is 7.33. The van der Waals surface area contributed by atoms with E-state index in [9.17, 15) is 0 Å². The molecule has 1 unspecified atom stereocenters. The van der Waals surface area contributed by atoms with Crippen LogP contribution in [0.5, 0.6) is 0 Å². The molecule has 0 aromatic carbocycles. The average molecular weight is 355 g/mol. The van der Waals surface area contributed by atoms with Gasteiger partial charge in [0.25, 0.3) is 0 Å². The van der Waals surface area contributed by atoms with E-state index in [1.165, 1.54) is 31.2 Å². The molecule has 1 saturated heterocycles. The highest BCUT2D eigenvalue weighted by Gasteiger charge is 2.28. The second-order valence-corrected chi connectivity index (χ2v) is 7.54. The number of guanidine groups is 1. The number of aromatic nitrogens is 2. The van der Waals surface area contributed by atoms with Gasteiger partial charge in [-0.15, -0.1) is 0 Å². The van der Waals surface area contributed by atoms with Gasteiger partial charge in [0.1, 0.15) is 5.76 Å². The molecule has 0 radical (unpaired) electrons. The van der Waals surface area contributed by atoms with Crippen LogP contribution in [0.4, 0.5) is 0 Å². The molecule has 1 aliphatic carbocycles. The van der Waals surface area contributed by atoms with Crippen LogP contribution < -0.4 is 5.32 Å². The molecule has 0 amide bonds. The Balaban J connectivity index is 1.41. The topological polar surface area (TPSA) is 58.6 Å². The Bertz CT molecular complexity index is 714. The summed E-state index contributed by atoms with van der Waals surface area (Å²) in [6.45, 7) is 2.83. The molecule has 140 valence electrons. The largest absolute Gasteiger partial charge is 0.469 e. The Labute approximate surface area is 155 Å². The third-order valence-corrected chi connectivity index (χ3v) is 5.57. The van der Waals surface area contributed by atoms with Gasteiger partial charge >= 0.3 is 0 Å². The summed E-state index contributed by atoms with van der Waals surface area (Å²) in [5.41, 5.74) is 1.34. The van der Waals surface area contributed by atoms with Gasteiger partial charge in [-0.25, -0.2) is 0 Å². The van der Waals surface area contributed by atoms with Crippen LogP contribution in [0.1, 0.15) is 49.3 Å². The summed E-state index contributed by atoms with van der Waals surface area (Å²) in [4.78, 5) is 7.36. The Morgan fingerprint density at radius 2 is 2.23 bits per heavy atom. The SMILES string of the molecule is Cn1cc(C2CCN(C(=NCCc3ccco3)NC3CCCC3)C2)cn1. The Morgan fingerprint density at radius 1 is 1.35 bits per heavy atom. The summed E-state index contributed by atoms with van der Waals surface area (Å²) in [5, 5.41) is 8.07. The average Bonchev–Trinajstić information content (AvgIpc) is 3.42. The van der Waals surface area contributed by atoms with Gasteiger partial charge in [-0.1, -0.05) is 12.8 Å². The van der Waals surface area contributed by atoms with Crippen molar-refractivity contribution in [2.75, 3.05) is 19.6 Å². The third-order valence-electron chi connectivity index (χ3n) is 5.57. The monoisotopic (exact) mass is 355 g/mol. The van der Waals surface area contributed by atoms with Gasteiger partial charge < -0.3 is 14.6 Å². The van der Waals surface area contributed by atoms with Crippen LogP contribution in [0.25, 0.3) is 0 Å². The van der Waals surface area contributed by atoms with E-state index in [0.717, 1.165) is 44.2 Å². The number of furan rings is 1. The minimum atomic E-state index is 0.546. The van der Waals surface area contributed by atoms with Gasteiger partial charge in [-0.2, -0.15) is 5.10 Å². The van der Waals surface area contributed by atoms with Gasteiger partial charge in [-0.05, 0) is 37.0 Å². The van der Waals surface area contributed by atoms with Crippen molar-refractivity contribution in [3.63, 3.8) is 0 Å². The van der Waals surface area contributed by atoms with E-state index in [1.807, 2.05) is 30.1 Å². The number of aryl methyl sites for hydroxylation is 1. The molecule has 1 aliphatic heterocycles. The molecule has 0 spiro atoms. The maximum Gasteiger partial charge on any atom is 0.194 e. The summed E-state index contributed by atoms with van der Waals surface area (Å²) >= 11 is 0. The fourth-order valence-corrected chi connectivity index (χ4v) is 4.09. The first-order chi connectivity index (χ1) is 12.8. The molecule has 2 aromatic rings. The number of nitrogens with zero attached hydrogens (tertiary/aromatic N) is 4. The number of nitrogens with one attached hydrogen (secondary N) is 1. The summed E-state index contributed by atoms with van der Waals surface area (Å²) in [7, 11) is 1.99. The highest BCUT2D eigenvalue weighted by Crippen LogP contribution is 2.27. The maximum absolute atomic E-state index is 5.44. The van der Waals surface area contributed by atoms with Crippen molar-refractivity contribution >= 4 is 5.96 Å². The summed E-state index contributed by atoms with van der Waals surface area (Å²) in [6.07, 6.45) is 13.1. The molecule has 6 nitrogen and oxygen atoms in total. The van der Waals surface area contributed by atoms with Crippen LogP contribution in [0.2, 0.25) is 0 Å². The predicted octanol–water partition coefficient (Wildman–Crippen LogP) is 2.93. The Morgan fingerprint density at radius 3 is 2.96 bits per heavy atom. The normalized spacial score (nSPS) is 21.7. The molecule has 2 aliphatic rings. The molecule has 1 atom stereocenters. The smallest absolute Gasteiger partial charge is 0.194 e. The molecular formula is C20H29N5O. The van der Waals surface area contributed by atoms with Crippen molar-refractivity contribution in [1.29, 1.82) is 0 Å². The summed E-state index contributed by atoms with van der Waals surface area (Å²) in [6, 6.07) is 4.54. The first-order valence-electron chi connectivity index (χ1n) is 9.85. The fraction of sp³-hybridized carbons (Fsp3) is 0.600. The highest BCUT2D eigenvalue weighted by atomic mass is 16.3. The predicted molar refractivity (Wildman–Crippen MR) is 102 cm³/mol. The molecule has 0 bridgehead atoms. The third kappa shape index (κ3) is 4.11. The van der Waals surface area contributed by atoms with E-state index in [0.29, 0.717) is 12.0 Å². The first-order valence-corrected chi connectivity index (χ1v) is 9.85. The van der Waals surface area contributed by atoms with Crippen LogP contribution >= 0.6 is 0 Å². The van der Waals surface area contributed by atoms with Crippen LogP contribution in [-0.4, -0.2) is 46.3 Å². The fourth-order valence-electron chi connectivity index (χ4n) is 4.09. The van der Waals surface area contributed by atoms with Gasteiger partial charge in [0, 0.05) is 51.3 Å². The quantitative estimate of drug-likeness (QED) is 0.662. The van der Waals surface area contributed by atoms with E-state index in [1.54, 1.807) is 6.26 Å². The van der Waals surface area contributed by atoms with Gasteiger partial charge in [-0.3, -0.25) is 9.67 Å². The molecule has 4 rings (SSSR count). The molecule has 2 fully saturated rings. The zero-order chi connectivity index (χ0) is 17.8. The van der Waals surface area contributed by atoms with Crippen LogP contribution in [0, 0.1) is 0 Å². The highest BCUT2D eigenvalue weighted by molar-refractivity contribution is 5.80. The minimum absolute atomic E-state index is 0.546. The van der Waals surface area contributed by atoms with Crippen molar-refractivity contribution < 1.29 is 4.42 Å². The molecule has 3 heterocycles. The first kappa shape index (κ1) is 17.2. The molecule has 1 saturated carbocycles. The van der Waals surface area contributed by atoms with Crippen molar-refractivity contribution in [3.8, 4) is 0 Å². The second kappa shape index (κ2) is 7.98. The Hall–Kier alpha value is -2.24. The van der Waals surface area contributed by atoms with Crippen molar-refractivity contribution in [2.24, 2.45) is 12.0 Å². The van der Waals surface area contributed by atoms with Crippen LogP contribution in [-0.2, 0) is 13.5 Å². The van der Waals surface area contributed by atoms with Crippen LogP contribution in [0.3, 0.4) is 0 Å². The number of likely N-dealkylation sites (tertiary alicyclic amines) is 1. The number of hydrogen-bond acceptors (Lipinski definition) is 3. The van der Waals surface area contributed by atoms with Gasteiger partial charge in [0.15, 0.2) is 5.96 Å². The molecular weight excluding hydrogens is 326 g/mol. The van der Waals surface area contributed by atoms with E-state index < -0.39 is 0 Å². The van der Waals surface area contributed by atoms with Crippen molar-refractivity contribution in [2.45, 2.75) is 50.5 Å². The van der Waals surface area contributed by atoms with E-state index >= 15 is 0 Å². The minimum Gasteiger partial charge on any atom is -0.469 e. The summed E-state index contributed by atoms with van der Waals surface area (Å²) in [5.74, 6) is 2.63. The second-order valence-electron chi connectivity index (χ2n) is 7.54. The van der Waals surface area contributed by atoms with E-state index in [4.69, 9.17) is 9.41 Å².